The summed E-state index contributed by atoms with van der Waals surface area (Å²) in [5.74, 6) is 2.39. The van der Waals surface area contributed by atoms with Gasteiger partial charge in [-0.3, -0.25) is 4.90 Å². The van der Waals surface area contributed by atoms with Gasteiger partial charge < -0.3 is 14.6 Å². The van der Waals surface area contributed by atoms with Crippen molar-refractivity contribution in [3.63, 3.8) is 0 Å². The Hall–Kier alpha value is -1.26. The first kappa shape index (κ1) is 13.4. The maximum absolute atomic E-state index is 10.6. The van der Waals surface area contributed by atoms with Gasteiger partial charge in [-0.15, -0.1) is 0 Å². The first-order valence-electron chi connectivity index (χ1n) is 8.13. The predicted molar refractivity (Wildman–Crippen MR) is 79.5 cm³/mol. The lowest BCUT2D eigenvalue weighted by atomic mass is 9.85. The fourth-order valence-electron chi connectivity index (χ4n) is 4.18. The van der Waals surface area contributed by atoms with Crippen LogP contribution in [0.4, 0.5) is 0 Å². The maximum Gasteiger partial charge on any atom is 0.231 e. The van der Waals surface area contributed by atoms with Crippen molar-refractivity contribution in [2.75, 3.05) is 19.9 Å². The molecule has 0 bridgehead atoms. The highest BCUT2D eigenvalue weighted by molar-refractivity contribution is 5.45. The molecule has 2 heterocycles. The summed E-state index contributed by atoms with van der Waals surface area (Å²) in [6.45, 7) is 2.16. The summed E-state index contributed by atoms with van der Waals surface area (Å²) in [7, 11) is 0. The topological polar surface area (TPSA) is 41.9 Å². The Labute approximate surface area is 125 Å². The van der Waals surface area contributed by atoms with Crippen LogP contribution in [0, 0.1) is 5.92 Å². The van der Waals surface area contributed by atoms with Gasteiger partial charge in [0.05, 0.1) is 6.10 Å². The van der Waals surface area contributed by atoms with E-state index in [2.05, 4.69) is 4.90 Å². The van der Waals surface area contributed by atoms with Crippen molar-refractivity contribution in [1.82, 2.24) is 4.90 Å². The number of rotatable bonds is 3. The van der Waals surface area contributed by atoms with Crippen LogP contribution < -0.4 is 9.47 Å². The van der Waals surface area contributed by atoms with E-state index in [0.717, 1.165) is 36.1 Å². The second kappa shape index (κ2) is 5.50. The third-order valence-electron chi connectivity index (χ3n) is 5.31. The largest absolute Gasteiger partial charge is 0.454 e. The fourth-order valence-corrected chi connectivity index (χ4v) is 4.18. The normalized spacial score (nSPS) is 29.4. The molecule has 1 aliphatic carbocycles. The van der Waals surface area contributed by atoms with Crippen LogP contribution in [0.1, 0.15) is 43.8 Å². The quantitative estimate of drug-likeness (QED) is 0.929. The zero-order chi connectivity index (χ0) is 14.2. The minimum Gasteiger partial charge on any atom is -0.454 e. The average Bonchev–Trinajstić information content (AvgIpc) is 3.13. The van der Waals surface area contributed by atoms with Gasteiger partial charge in [0.25, 0.3) is 0 Å². The van der Waals surface area contributed by atoms with Crippen molar-refractivity contribution in [1.29, 1.82) is 0 Å². The summed E-state index contributed by atoms with van der Waals surface area (Å²) in [6, 6.07) is 6.46. The molecule has 21 heavy (non-hydrogen) atoms. The van der Waals surface area contributed by atoms with Crippen LogP contribution in [0.2, 0.25) is 0 Å². The van der Waals surface area contributed by atoms with Crippen LogP contribution in [-0.2, 0) is 0 Å². The number of ether oxygens (including phenoxy) is 2. The van der Waals surface area contributed by atoms with Crippen LogP contribution in [0.15, 0.2) is 18.2 Å². The van der Waals surface area contributed by atoms with E-state index in [4.69, 9.17) is 9.47 Å². The van der Waals surface area contributed by atoms with Gasteiger partial charge in [-0.1, -0.05) is 18.9 Å². The van der Waals surface area contributed by atoms with E-state index in [-0.39, 0.29) is 6.79 Å². The van der Waals surface area contributed by atoms with E-state index in [1.165, 1.54) is 32.1 Å². The molecule has 1 aromatic rings. The Bertz CT molecular complexity index is 519. The molecule has 114 valence electrons. The number of likely N-dealkylation sites (tertiary alicyclic amines) is 1. The summed E-state index contributed by atoms with van der Waals surface area (Å²) in [4.78, 5) is 2.50. The molecular formula is C17H23NO3. The van der Waals surface area contributed by atoms with Crippen molar-refractivity contribution in [3.8, 4) is 11.5 Å². The molecule has 4 nitrogen and oxygen atoms in total. The number of aliphatic hydroxyl groups excluding tert-OH is 1. The van der Waals surface area contributed by atoms with Crippen LogP contribution in [0.3, 0.4) is 0 Å². The van der Waals surface area contributed by atoms with E-state index in [1.54, 1.807) is 0 Å². The van der Waals surface area contributed by atoms with Crippen LogP contribution in [0.5, 0.6) is 11.5 Å². The Morgan fingerprint density at radius 3 is 2.95 bits per heavy atom. The summed E-state index contributed by atoms with van der Waals surface area (Å²) >= 11 is 0. The molecule has 2 aliphatic heterocycles. The Morgan fingerprint density at radius 1 is 1.14 bits per heavy atom. The van der Waals surface area contributed by atoms with Crippen molar-refractivity contribution in [3.05, 3.63) is 23.8 Å². The van der Waals surface area contributed by atoms with Crippen molar-refractivity contribution in [2.45, 2.75) is 44.2 Å². The van der Waals surface area contributed by atoms with E-state index < -0.39 is 6.10 Å². The molecule has 1 saturated heterocycles. The number of hydrogen-bond acceptors (Lipinski definition) is 4. The van der Waals surface area contributed by atoms with Gasteiger partial charge in [-0.2, -0.15) is 0 Å². The van der Waals surface area contributed by atoms with Gasteiger partial charge in [0.2, 0.25) is 6.79 Å². The molecule has 0 amide bonds. The number of hydrogen-bond donors (Lipinski definition) is 1. The average molecular weight is 289 g/mol. The summed E-state index contributed by atoms with van der Waals surface area (Å²) in [5.41, 5.74) is 0.929. The molecule has 0 aromatic heterocycles. The highest BCUT2D eigenvalue weighted by Gasteiger charge is 2.36. The highest BCUT2D eigenvalue weighted by Crippen LogP contribution is 2.38. The molecule has 3 unspecified atom stereocenters. The predicted octanol–water partition coefficient (Wildman–Crippen LogP) is 2.71. The molecule has 3 atom stereocenters. The van der Waals surface area contributed by atoms with E-state index in [1.807, 2.05) is 18.2 Å². The fraction of sp³-hybridized carbons (Fsp3) is 0.647. The molecular weight excluding hydrogens is 266 g/mol. The smallest absolute Gasteiger partial charge is 0.231 e. The van der Waals surface area contributed by atoms with Crippen molar-refractivity contribution < 1.29 is 14.6 Å². The summed E-state index contributed by atoms with van der Waals surface area (Å²) < 4.78 is 10.7. The molecule has 0 radical (unpaired) electrons. The van der Waals surface area contributed by atoms with Crippen LogP contribution >= 0.6 is 0 Å². The zero-order valence-corrected chi connectivity index (χ0v) is 12.3. The third-order valence-corrected chi connectivity index (χ3v) is 5.31. The molecule has 1 N–H and O–H groups in total. The van der Waals surface area contributed by atoms with Gasteiger partial charge in [0.15, 0.2) is 11.5 Å². The van der Waals surface area contributed by atoms with Crippen LogP contribution in [-0.4, -0.2) is 35.9 Å². The summed E-state index contributed by atoms with van der Waals surface area (Å²) in [5, 5.41) is 10.6. The second-order valence-electron chi connectivity index (χ2n) is 6.52. The zero-order valence-electron chi connectivity index (χ0n) is 12.3. The maximum atomic E-state index is 10.6. The Morgan fingerprint density at radius 2 is 2.00 bits per heavy atom. The molecule has 2 fully saturated rings. The van der Waals surface area contributed by atoms with Crippen molar-refractivity contribution >= 4 is 0 Å². The lowest BCUT2D eigenvalue weighted by Crippen LogP contribution is -2.37. The number of aliphatic hydroxyl groups is 1. The Balaban J connectivity index is 1.44. The number of β-amino-alcohol motifs (C(OH)–C–C–N with tert-alkyl or cyclic N) is 1. The standard InChI is InChI=1S/C17H23NO3/c19-15(13-5-6-16-17(9-13)21-11-20-16)10-18-8-7-12-3-1-2-4-14(12)18/h5-6,9,12,14-15,19H,1-4,7-8,10-11H2. The lowest BCUT2D eigenvalue weighted by Gasteiger charge is -2.32. The molecule has 3 aliphatic rings. The third kappa shape index (κ3) is 2.51. The number of fused-ring (bicyclic) bond motifs is 2. The molecule has 1 aromatic carbocycles. The summed E-state index contributed by atoms with van der Waals surface area (Å²) in [6.07, 6.45) is 6.27. The van der Waals surface area contributed by atoms with E-state index >= 15 is 0 Å². The SMILES string of the molecule is OC(CN1CCC2CCCCC21)c1ccc2c(c1)OCO2. The molecule has 4 heteroatoms. The van der Waals surface area contributed by atoms with Gasteiger partial charge in [-0.25, -0.2) is 0 Å². The van der Waals surface area contributed by atoms with E-state index in [0.29, 0.717) is 6.04 Å². The first-order chi connectivity index (χ1) is 10.3. The minimum atomic E-state index is -0.444. The lowest BCUT2D eigenvalue weighted by molar-refractivity contribution is 0.0892. The monoisotopic (exact) mass is 289 g/mol. The van der Waals surface area contributed by atoms with Crippen LogP contribution in [0.25, 0.3) is 0 Å². The first-order valence-corrected chi connectivity index (χ1v) is 8.13. The highest BCUT2D eigenvalue weighted by atomic mass is 16.7. The number of nitrogens with zero attached hydrogens (tertiary/aromatic N) is 1. The van der Waals surface area contributed by atoms with Gasteiger partial charge in [-0.05, 0) is 49.4 Å². The molecule has 1 saturated carbocycles. The van der Waals surface area contributed by atoms with E-state index in [9.17, 15) is 5.11 Å². The second-order valence-corrected chi connectivity index (χ2v) is 6.52. The number of benzene rings is 1. The molecule has 0 spiro atoms. The molecule has 4 rings (SSSR count). The van der Waals surface area contributed by atoms with Gasteiger partial charge in [0.1, 0.15) is 0 Å². The van der Waals surface area contributed by atoms with Gasteiger partial charge in [0, 0.05) is 12.6 Å². The Kier molecular flexibility index (Phi) is 3.51. The van der Waals surface area contributed by atoms with Gasteiger partial charge >= 0.3 is 0 Å². The van der Waals surface area contributed by atoms with Crippen molar-refractivity contribution in [2.24, 2.45) is 5.92 Å². The minimum absolute atomic E-state index is 0.283.